The van der Waals surface area contributed by atoms with E-state index in [-0.39, 0.29) is 24.8 Å². The summed E-state index contributed by atoms with van der Waals surface area (Å²) in [5.74, 6) is 0. The van der Waals surface area contributed by atoms with Gasteiger partial charge in [-0.2, -0.15) is 0 Å². The molecule has 0 aliphatic carbocycles. The fourth-order valence-electron chi connectivity index (χ4n) is 1.86. The van der Waals surface area contributed by atoms with Crippen LogP contribution in [0.5, 0.6) is 0 Å². The van der Waals surface area contributed by atoms with Crippen LogP contribution in [0.2, 0.25) is 0 Å². The zero-order valence-electron chi connectivity index (χ0n) is 11.7. The third-order valence-corrected chi connectivity index (χ3v) is 2.89. The van der Waals surface area contributed by atoms with Crippen LogP contribution < -0.4 is 5.32 Å². The first-order valence-electron chi connectivity index (χ1n) is 6.51. The maximum atomic E-state index is 9.95. The molecule has 2 nitrogen and oxygen atoms in total. The maximum Gasteiger partial charge on any atom is 0.0914 e. The SMILES string of the molecule is Cl.Cl.OC(CNC/C=C/c1ccccc1)c1ccccc1. The first-order valence-corrected chi connectivity index (χ1v) is 6.51. The molecular formula is C17H21Cl2NO. The number of hydrogen-bond acceptors (Lipinski definition) is 2. The molecular weight excluding hydrogens is 305 g/mol. The fourth-order valence-corrected chi connectivity index (χ4v) is 1.86. The minimum Gasteiger partial charge on any atom is -0.387 e. The highest BCUT2D eigenvalue weighted by molar-refractivity contribution is 5.85. The zero-order chi connectivity index (χ0) is 13.3. The summed E-state index contributed by atoms with van der Waals surface area (Å²) in [6, 6.07) is 19.9. The second-order valence-electron chi connectivity index (χ2n) is 4.40. The molecule has 0 spiro atoms. The van der Waals surface area contributed by atoms with Crippen molar-refractivity contribution in [1.29, 1.82) is 0 Å². The Balaban J connectivity index is 0.00000200. The molecule has 2 rings (SSSR count). The number of hydrogen-bond donors (Lipinski definition) is 2. The Morgan fingerprint density at radius 3 is 2.10 bits per heavy atom. The van der Waals surface area contributed by atoms with Gasteiger partial charge in [0.05, 0.1) is 6.10 Å². The summed E-state index contributed by atoms with van der Waals surface area (Å²) in [6.07, 6.45) is 3.68. The van der Waals surface area contributed by atoms with Gasteiger partial charge in [0.25, 0.3) is 0 Å². The Kier molecular flexibility index (Phi) is 10.6. The first kappa shape index (κ1) is 19.7. The first-order chi connectivity index (χ1) is 9.36. The van der Waals surface area contributed by atoms with Gasteiger partial charge in [0.1, 0.15) is 0 Å². The van der Waals surface area contributed by atoms with Crippen LogP contribution in [-0.4, -0.2) is 18.2 Å². The highest BCUT2D eigenvalue weighted by atomic mass is 35.5. The fraction of sp³-hybridized carbons (Fsp3) is 0.176. The highest BCUT2D eigenvalue weighted by Crippen LogP contribution is 2.10. The van der Waals surface area contributed by atoms with Crippen LogP contribution >= 0.6 is 24.8 Å². The monoisotopic (exact) mass is 325 g/mol. The molecule has 0 aliphatic heterocycles. The molecule has 2 aromatic rings. The van der Waals surface area contributed by atoms with Crippen LogP contribution in [0.4, 0.5) is 0 Å². The summed E-state index contributed by atoms with van der Waals surface area (Å²) < 4.78 is 0. The second-order valence-corrected chi connectivity index (χ2v) is 4.40. The van der Waals surface area contributed by atoms with E-state index in [1.807, 2.05) is 48.5 Å². The van der Waals surface area contributed by atoms with Crippen molar-refractivity contribution in [3.05, 3.63) is 77.9 Å². The zero-order valence-corrected chi connectivity index (χ0v) is 13.3. The lowest BCUT2D eigenvalue weighted by molar-refractivity contribution is 0.176. The lowest BCUT2D eigenvalue weighted by Gasteiger charge is -2.10. The predicted octanol–water partition coefficient (Wildman–Crippen LogP) is 3.87. The van der Waals surface area contributed by atoms with Crippen LogP contribution in [0.25, 0.3) is 6.08 Å². The number of benzene rings is 2. The average Bonchev–Trinajstić information content (AvgIpc) is 2.49. The van der Waals surface area contributed by atoms with Crippen molar-refractivity contribution in [3.63, 3.8) is 0 Å². The predicted molar refractivity (Wildman–Crippen MR) is 94.2 cm³/mol. The summed E-state index contributed by atoms with van der Waals surface area (Å²) in [7, 11) is 0. The maximum absolute atomic E-state index is 9.95. The van der Waals surface area contributed by atoms with E-state index in [2.05, 4.69) is 29.6 Å². The molecule has 2 aromatic carbocycles. The quantitative estimate of drug-likeness (QED) is 0.790. The van der Waals surface area contributed by atoms with E-state index in [9.17, 15) is 5.11 Å². The van der Waals surface area contributed by atoms with E-state index in [0.29, 0.717) is 6.54 Å². The molecule has 0 fully saturated rings. The van der Waals surface area contributed by atoms with Crippen molar-refractivity contribution in [1.82, 2.24) is 5.32 Å². The topological polar surface area (TPSA) is 32.3 Å². The lowest BCUT2D eigenvalue weighted by atomic mass is 10.1. The smallest absolute Gasteiger partial charge is 0.0914 e. The number of rotatable bonds is 6. The molecule has 0 aliphatic rings. The number of aliphatic hydroxyl groups excluding tert-OH is 1. The van der Waals surface area contributed by atoms with Gasteiger partial charge in [0.15, 0.2) is 0 Å². The van der Waals surface area contributed by atoms with Crippen LogP contribution in [-0.2, 0) is 0 Å². The van der Waals surface area contributed by atoms with Gasteiger partial charge in [-0.15, -0.1) is 24.8 Å². The molecule has 2 N–H and O–H groups in total. The van der Waals surface area contributed by atoms with Crippen LogP contribution in [0.15, 0.2) is 66.7 Å². The molecule has 0 heterocycles. The Morgan fingerprint density at radius 1 is 0.905 bits per heavy atom. The molecule has 0 amide bonds. The molecule has 1 unspecified atom stereocenters. The van der Waals surface area contributed by atoms with Crippen molar-refractivity contribution in [3.8, 4) is 0 Å². The van der Waals surface area contributed by atoms with Gasteiger partial charge in [-0.1, -0.05) is 72.8 Å². The van der Waals surface area contributed by atoms with E-state index >= 15 is 0 Å². The summed E-state index contributed by atoms with van der Waals surface area (Å²) in [5, 5.41) is 13.2. The number of halogens is 2. The molecule has 0 bridgehead atoms. The summed E-state index contributed by atoms with van der Waals surface area (Å²) >= 11 is 0. The number of aliphatic hydroxyl groups is 1. The molecule has 0 aromatic heterocycles. The largest absolute Gasteiger partial charge is 0.387 e. The highest BCUT2D eigenvalue weighted by Gasteiger charge is 2.04. The van der Waals surface area contributed by atoms with E-state index in [4.69, 9.17) is 0 Å². The summed E-state index contributed by atoms with van der Waals surface area (Å²) in [5.41, 5.74) is 2.13. The van der Waals surface area contributed by atoms with Gasteiger partial charge in [0.2, 0.25) is 0 Å². The minimum absolute atomic E-state index is 0. The van der Waals surface area contributed by atoms with Gasteiger partial charge in [-0.25, -0.2) is 0 Å². The standard InChI is InChI=1S/C17H19NO.2ClH/c19-17(16-11-5-2-6-12-16)14-18-13-7-10-15-8-3-1-4-9-15;;/h1-12,17-19H,13-14H2;2*1H/b10-7+;;. The van der Waals surface area contributed by atoms with Gasteiger partial charge in [-0.05, 0) is 11.1 Å². The van der Waals surface area contributed by atoms with Gasteiger partial charge in [0, 0.05) is 13.1 Å². The van der Waals surface area contributed by atoms with Crippen LogP contribution in [0.1, 0.15) is 17.2 Å². The summed E-state index contributed by atoms with van der Waals surface area (Å²) in [4.78, 5) is 0. The van der Waals surface area contributed by atoms with Crippen molar-refractivity contribution in [2.24, 2.45) is 0 Å². The molecule has 21 heavy (non-hydrogen) atoms. The Hall–Kier alpha value is -1.32. The van der Waals surface area contributed by atoms with E-state index in [0.717, 1.165) is 12.1 Å². The van der Waals surface area contributed by atoms with E-state index in [1.54, 1.807) is 0 Å². The average molecular weight is 326 g/mol. The van der Waals surface area contributed by atoms with Crippen molar-refractivity contribution >= 4 is 30.9 Å². The third kappa shape index (κ3) is 7.30. The second kappa shape index (κ2) is 11.4. The van der Waals surface area contributed by atoms with Crippen molar-refractivity contribution in [2.45, 2.75) is 6.10 Å². The van der Waals surface area contributed by atoms with Gasteiger partial charge < -0.3 is 10.4 Å². The summed E-state index contributed by atoms with van der Waals surface area (Å²) in [6.45, 7) is 1.31. The van der Waals surface area contributed by atoms with Crippen molar-refractivity contribution < 1.29 is 5.11 Å². The third-order valence-electron chi connectivity index (χ3n) is 2.89. The van der Waals surface area contributed by atoms with Crippen LogP contribution in [0, 0.1) is 0 Å². The minimum atomic E-state index is -0.452. The van der Waals surface area contributed by atoms with Crippen LogP contribution in [0.3, 0.4) is 0 Å². The van der Waals surface area contributed by atoms with E-state index < -0.39 is 6.10 Å². The Bertz CT molecular complexity index is 503. The molecule has 0 saturated heterocycles. The van der Waals surface area contributed by atoms with Gasteiger partial charge in [-0.3, -0.25) is 0 Å². The molecule has 1 atom stereocenters. The molecule has 0 saturated carbocycles. The normalized spacial score (nSPS) is 11.5. The van der Waals surface area contributed by atoms with Gasteiger partial charge >= 0.3 is 0 Å². The lowest BCUT2D eigenvalue weighted by Crippen LogP contribution is -2.21. The Labute approximate surface area is 138 Å². The van der Waals surface area contributed by atoms with E-state index in [1.165, 1.54) is 5.56 Å². The molecule has 114 valence electrons. The Morgan fingerprint density at radius 2 is 1.48 bits per heavy atom. The number of nitrogens with one attached hydrogen (secondary N) is 1. The van der Waals surface area contributed by atoms with Crippen molar-refractivity contribution in [2.75, 3.05) is 13.1 Å². The molecule has 0 radical (unpaired) electrons. The molecule has 4 heteroatoms.